The molecule has 0 aliphatic carbocycles. The molecule has 0 bridgehead atoms. The third-order valence-electron chi connectivity index (χ3n) is 4.20. The smallest absolute Gasteiger partial charge is 0.243 e. The summed E-state index contributed by atoms with van der Waals surface area (Å²) in [7, 11) is 0. The van der Waals surface area contributed by atoms with Crippen molar-refractivity contribution >= 4 is 28.9 Å². The third-order valence-corrected chi connectivity index (χ3v) is 4.61. The van der Waals surface area contributed by atoms with E-state index in [1.165, 1.54) is 0 Å². The molecule has 0 radical (unpaired) electrons. The molecule has 1 saturated heterocycles. The fraction of sp³-hybridized carbons (Fsp3) is 0.350. The van der Waals surface area contributed by atoms with Crippen molar-refractivity contribution in [3.05, 3.63) is 53.1 Å². The normalized spacial score (nSPS) is 16.3. The number of carbonyl (C=O) groups excluding carboxylic acids is 1. The Balaban J connectivity index is 1.48. The van der Waals surface area contributed by atoms with Crippen LogP contribution in [-0.2, 0) is 9.53 Å². The molecule has 1 amide bonds. The topological polar surface area (TPSA) is 59.6 Å². The van der Waals surface area contributed by atoms with Gasteiger partial charge in [-0.3, -0.25) is 4.79 Å². The Kier molecular flexibility index (Phi) is 6.36. The molecule has 1 atom stereocenters. The Hall–Kier alpha value is -2.24. The van der Waals surface area contributed by atoms with E-state index in [-0.39, 0.29) is 18.6 Å². The van der Waals surface area contributed by atoms with Crippen molar-refractivity contribution in [1.29, 1.82) is 0 Å². The molecule has 1 heterocycles. The highest BCUT2D eigenvalue weighted by Crippen LogP contribution is 2.21. The number of ether oxygens (including phenoxy) is 2. The quantitative estimate of drug-likeness (QED) is 0.760. The van der Waals surface area contributed by atoms with E-state index in [4.69, 9.17) is 21.1 Å². The van der Waals surface area contributed by atoms with Crippen LogP contribution in [0.3, 0.4) is 0 Å². The summed E-state index contributed by atoms with van der Waals surface area (Å²) < 4.78 is 11.3. The molecular weight excluding hydrogens is 352 g/mol. The van der Waals surface area contributed by atoms with E-state index in [1.54, 1.807) is 0 Å². The van der Waals surface area contributed by atoms with Gasteiger partial charge in [0.2, 0.25) is 5.91 Å². The number of rotatable bonds is 7. The summed E-state index contributed by atoms with van der Waals surface area (Å²) in [5.41, 5.74) is 2.51. The van der Waals surface area contributed by atoms with E-state index >= 15 is 0 Å². The summed E-state index contributed by atoms with van der Waals surface area (Å²) in [6, 6.07) is 13.0. The van der Waals surface area contributed by atoms with Crippen LogP contribution < -0.4 is 15.4 Å². The first-order valence-corrected chi connectivity index (χ1v) is 9.12. The zero-order valence-electron chi connectivity index (χ0n) is 14.8. The largest absolute Gasteiger partial charge is 0.491 e. The van der Waals surface area contributed by atoms with Crippen LogP contribution in [0.2, 0.25) is 5.02 Å². The molecule has 2 aromatic rings. The monoisotopic (exact) mass is 374 g/mol. The Bertz CT molecular complexity index is 760. The Labute approximate surface area is 158 Å². The van der Waals surface area contributed by atoms with Crippen LogP contribution in [0.4, 0.5) is 11.4 Å². The van der Waals surface area contributed by atoms with Gasteiger partial charge in [-0.1, -0.05) is 23.7 Å². The fourth-order valence-corrected chi connectivity index (χ4v) is 2.90. The van der Waals surface area contributed by atoms with Gasteiger partial charge in [-0.05, 0) is 49.6 Å². The first kappa shape index (κ1) is 18.5. The van der Waals surface area contributed by atoms with Gasteiger partial charge in [-0.2, -0.15) is 0 Å². The Morgan fingerprint density at radius 2 is 2.15 bits per heavy atom. The van der Waals surface area contributed by atoms with Gasteiger partial charge in [0.15, 0.2) is 0 Å². The molecule has 138 valence electrons. The average Bonchev–Trinajstić information content (AvgIpc) is 3.15. The molecule has 5 nitrogen and oxygen atoms in total. The lowest BCUT2D eigenvalue weighted by Gasteiger charge is -2.13. The van der Waals surface area contributed by atoms with Gasteiger partial charge in [0.25, 0.3) is 0 Å². The summed E-state index contributed by atoms with van der Waals surface area (Å²) >= 11 is 6.09. The number of carbonyl (C=O) groups is 1. The highest BCUT2D eigenvalue weighted by Gasteiger charge is 2.16. The molecule has 6 heteroatoms. The molecule has 0 saturated carbocycles. The summed E-state index contributed by atoms with van der Waals surface area (Å²) in [4.78, 5) is 12.1. The number of hydrogen-bond acceptors (Lipinski definition) is 4. The molecule has 0 spiro atoms. The number of amides is 1. The minimum absolute atomic E-state index is 0.141. The van der Waals surface area contributed by atoms with E-state index in [0.717, 1.165) is 36.4 Å². The second kappa shape index (κ2) is 8.92. The van der Waals surface area contributed by atoms with Crippen molar-refractivity contribution in [2.75, 3.05) is 30.4 Å². The minimum Gasteiger partial charge on any atom is -0.491 e. The molecule has 1 aliphatic rings. The van der Waals surface area contributed by atoms with Crippen LogP contribution in [0.25, 0.3) is 0 Å². The van der Waals surface area contributed by atoms with Gasteiger partial charge in [-0.25, -0.2) is 0 Å². The Morgan fingerprint density at radius 3 is 2.92 bits per heavy atom. The molecule has 3 rings (SSSR count). The highest BCUT2D eigenvalue weighted by atomic mass is 35.5. The summed E-state index contributed by atoms with van der Waals surface area (Å²) in [6.07, 6.45) is 2.29. The highest BCUT2D eigenvalue weighted by molar-refractivity contribution is 6.31. The number of anilines is 2. The van der Waals surface area contributed by atoms with E-state index < -0.39 is 0 Å². The van der Waals surface area contributed by atoms with Crippen LogP contribution in [0.5, 0.6) is 5.75 Å². The maximum atomic E-state index is 12.1. The zero-order valence-corrected chi connectivity index (χ0v) is 15.5. The molecule has 2 N–H and O–H groups in total. The molecule has 2 aromatic carbocycles. The number of aryl methyl sites for hydroxylation is 1. The van der Waals surface area contributed by atoms with Gasteiger partial charge >= 0.3 is 0 Å². The predicted molar refractivity (Wildman–Crippen MR) is 104 cm³/mol. The maximum absolute atomic E-state index is 12.1. The second-order valence-corrected chi connectivity index (χ2v) is 6.75. The van der Waals surface area contributed by atoms with Gasteiger partial charge in [0, 0.05) is 29.1 Å². The van der Waals surface area contributed by atoms with Gasteiger partial charge in [-0.15, -0.1) is 0 Å². The molecule has 1 fully saturated rings. The van der Waals surface area contributed by atoms with E-state index in [1.807, 2.05) is 49.4 Å². The van der Waals surface area contributed by atoms with Crippen LogP contribution in [-0.4, -0.2) is 31.8 Å². The number of hydrogen-bond donors (Lipinski definition) is 2. The van der Waals surface area contributed by atoms with Crippen LogP contribution in [0, 0.1) is 6.92 Å². The predicted octanol–water partition coefficient (Wildman–Crippen LogP) is 4.26. The van der Waals surface area contributed by atoms with Crippen molar-refractivity contribution in [1.82, 2.24) is 0 Å². The fourth-order valence-electron chi connectivity index (χ4n) is 2.72. The van der Waals surface area contributed by atoms with Crippen LogP contribution in [0.1, 0.15) is 18.4 Å². The van der Waals surface area contributed by atoms with E-state index in [0.29, 0.717) is 17.3 Å². The Morgan fingerprint density at radius 1 is 1.27 bits per heavy atom. The molecule has 26 heavy (non-hydrogen) atoms. The first-order chi connectivity index (χ1) is 12.6. The summed E-state index contributed by atoms with van der Waals surface area (Å²) in [6.45, 7) is 3.43. The number of benzene rings is 2. The lowest BCUT2D eigenvalue weighted by atomic mass is 10.2. The van der Waals surface area contributed by atoms with Crippen molar-refractivity contribution < 1.29 is 14.3 Å². The van der Waals surface area contributed by atoms with Crippen molar-refractivity contribution in [2.45, 2.75) is 25.9 Å². The number of nitrogens with one attached hydrogen (secondary N) is 2. The minimum atomic E-state index is -0.141. The standard InChI is InChI=1S/C20H23ClN2O3/c1-14-7-8-15(11-19(14)21)22-12-20(24)23-16-4-2-5-17(10-16)26-13-18-6-3-9-25-18/h2,4-5,7-8,10-11,18,22H,3,6,9,12-13H2,1H3,(H,23,24). The van der Waals surface area contributed by atoms with Crippen molar-refractivity contribution in [2.24, 2.45) is 0 Å². The lowest BCUT2D eigenvalue weighted by Crippen LogP contribution is -2.21. The number of halogens is 1. The second-order valence-electron chi connectivity index (χ2n) is 6.34. The molecule has 1 unspecified atom stereocenters. The summed E-state index contributed by atoms with van der Waals surface area (Å²) in [5, 5.41) is 6.60. The van der Waals surface area contributed by atoms with Crippen molar-refractivity contribution in [3.63, 3.8) is 0 Å². The lowest BCUT2D eigenvalue weighted by molar-refractivity contribution is -0.114. The van der Waals surface area contributed by atoms with Gasteiger partial charge in [0.05, 0.1) is 12.6 Å². The van der Waals surface area contributed by atoms with E-state index in [9.17, 15) is 4.79 Å². The molecular formula is C20H23ClN2O3. The van der Waals surface area contributed by atoms with Gasteiger partial charge in [0.1, 0.15) is 12.4 Å². The SMILES string of the molecule is Cc1ccc(NCC(=O)Nc2cccc(OCC3CCCO3)c2)cc1Cl. The molecule has 0 aromatic heterocycles. The summed E-state index contributed by atoms with van der Waals surface area (Å²) in [5.74, 6) is 0.578. The third kappa shape index (κ3) is 5.38. The van der Waals surface area contributed by atoms with E-state index in [2.05, 4.69) is 10.6 Å². The zero-order chi connectivity index (χ0) is 18.4. The van der Waals surface area contributed by atoms with Crippen molar-refractivity contribution in [3.8, 4) is 5.75 Å². The average molecular weight is 375 g/mol. The van der Waals surface area contributed by atoms with Crippen LogP contribution in [0.15, 0.2) is 42.5 Å². The van der Waals surface area contributed by atoms with Crippen LogP contribution >= 0.6 is 11.6 Å². The first-order valence-electron chi connectivity index (χ1n) is 8.74. The molecule has 1 aliphatic heterocycles. The van der Waals surface area contributed by atoms with Gasteiger partial charge < -0.3 is 20.1 Å². The maximum Gasteiger partial charge on any atom is 0.243 e.